The molecular formula is C22H23ClFN3O4. The molecule has 1 aromatic heterocycles. The Morgan fingerprint density at radius 3 is 2.87 bits per heavy atom. The van der Waals surface area contributed by atoms with E-state index in [1.165, 1.54) is 12.1 Å². The number of hydrogen-bond donors (Lipinski definition) is 2. The lowest BCUT2D eigenvalue weighted by atomic mass is 10.1. The van der Waals surface area contributed by atoms with Crippen molar-refractivity contribution in [1.82, 2.24) is 14.8 Å². The Kier molecular flexibility index (Phi) is 5.75. The zero-order chi connectivity index (χ0) is 22.3. The minimum absolute atomic E-state index is 0.0395. The van der Waals surface area contributed by atoms with Gasteiger partial charge in [0.05, 0.1) is 11.1 Å². The van der Waals surface area contributed by atoms with Gasteiger partial charge in [-0.05, 0) is 25.3 Å². The van der Waals surface area contributed by atoms with Crippen LogP contribution in [0.25, 0.3) is 0 Å². The third kappa shape index (κ3) is 3.59. The first-order valence-corrected chi connectivity index (χ1v) is 10.7. The van der Waals surface area contributed by atoms with E-state index in [9.17, 15) is 23.9 Å². The van der Waals surface area contributed by atoms with E-state index in [0.29, 0.717) is 31.6 Å². The van der Waals surface area contributed by atoms with Gasteiger partial charge < -0.3 is 19.9 Å². The maximum Gasteiger partial charge on any atom is 0.274 e. The summed E-state index contributed by atoms with van der Waals surface area (Å²) in [5.74, 6) is -2.46. The monoisotopic (exact) mass is 447 g/mol. The van der Waals surface area contributed by atoms with Gasteiger partial charge in [0.2, 0.25) is 5.43 Å². The number of unbranched alkanes of at least 4 members (excludes halogenated alkanes) is 1. The van der Waals surface area contributed by atoms with E-state index in [1.54, 1.807) is 15.5 Å². The number of nitrogens with one attached hydrogen (secondary N) is 1. The summed E-state index contributed by atoms with van der Waals surface area (Å²) < 4.78 is 15.8. The van der Waals surface area contributed by atoms with Crippen molar-refractivity contribution >= 4 is 23.4 Å². The fraction of sp³-hybridized carbons (Fsp3) is 0.409. The van der Waals surface area contributed by atoms with Gasteiger partial charge >= 0.3 is 0 Å². The summed E-state index contributed by atoms with van der Waals surface area (Å²) in [5, 5.41) is 13.1. The molecule has 4 rings (SSSR count). The predicted molar refractivity (Wildman–Crippen MR) is 113 cm³/mol. The van der Waals surface area contributed by atoms with Crippen LogP contribution in [0.3, 0.4) is 0 Å². The van der Waals surface area contributed by atoms with Gasteiger partial charge in [-0.25, -0.2) is 4.39 Å². The van der Waals surface area contributed by atoms with Gasteiger partial charge in [-0.15, -0.1) is 0 Å². The molecule has 2 aliphatic rings. The van der Waals surface area contributed by atoms with Crippen molar-refractivity contribution in [2.24, 2.45) is 0 Å². The minimum Gasteiger partial charge on any atom is -0.503 e. The van der Waals surface area contributed by atoms with E-state index < -0.39 is 28.8 Å². The lowest BCUT2D eigenvalue weighted by molar-refractivity contribution is 0.0662. The summed E-state index contributed by atoms with van der Waals surface area (Å²) in [5.41, 5.74) is -0.491. The van der Waals surface area contributed by atoms with Crippen molar-refractivity contribution in [3.8, 4) is 5.75 Å². The Balaban J connectivity index is 1.68. The van der Waals surface area contributed by atoms with Crippen LogP contribution in [0, 0.1) is 5.82 Å². The average molecular weight is 448 g/mol. The number of pyridine rings is 1. The lowest BCUT2D eigenvalue weighted by Gasteiger charge is -2.34. The van der Waals surface area contributed by atoms with Crippen LogP contribution in [-0.4, -0.2) is 39.5 Å². The maximum atomic E-state index is 14.1. The summed E-state index contributed by atoms with van der Waals surface area (Å²) >= 11 is 5.77. The standard InChI is InChI=1S/C22H23ClFN3O4/c1-2-3-9-26-11-13-7-8-15-16(19(28)20(29)18(22(26)31)27(13)15)21(30)25-10-12-5-4-6-14(23)17(12)24/h4-6,13,29H,2-3,7-11H2,1H3,(H,25,30). The van der Waals surface area contributed by atoms with Gasteiger partial charge in [0.25, 0.3) is 11.8 Å². The van der Waals surface area contributed by atoms with Gasteiger partial charge in [-0.3, -0.25) is 14.4 Å². The highest BCUT2D eigenvalue weighted by atomic mass is 35.5. The number of halogens is 2. The second-order valence-corrected chi connectivity index (χ2v) is 8.32. The van der Waals surface area contributed by atoms with Crippen LogP contribution < -0.4 is 10.7 Å². The van der Waals surface area contributed by atoms with Crippen LogP contribution in [0.5, 0.6) is 5.75 Å². The number of hydrogen-bond acceptors (Lipinski definition) is 4. The Hall–Kier alpha value is -2.87. The van der Waals surface area contributed by atoms with Crippen molar-refractivity contribution in [2.75, 3.05) is 13.1 Å². The van der Waals surface area contributed by atoms with Crippen LogP contribution in [0.1, 0.15) is 64.3 Å². The van der Waals surface area contributed by atoms with E-state index in [4.69, 9.17) is 11.6 Å². The molecule has 0 saturated heterocycles. The average Bonchev–Trinajstić information content (AvgIpc) is 3.16. The lowest BCUT2D eigenvalue weighted by Crippen LogP contribution is -2.45. The Labute approximate surface area is 183 Å². The molecule has 9 heteroatoms. The van der Waals surface area contributed by atoms with E-state index in [1.807, 2.05) is 6.92 Å². The fourth-order valence-electron chi connectivity index (χ4n) is 4.40. The first-order valence-electron chi connectivity index (χ1n) is 10.4. The molecule has 1 aromatic carbocycles. The highest BCUT2D eigenvalue weighted by molar-refractivity contribution is 6.30. The number of carbonyl (C=O) groups is 2. The van der Waals surface area contributed by atoms with Crippen LogP contribution in [-0.2, 0) is 13.0 Å². The topological polar surface area (TPSA) is 91.6 Å². The largest absolute Gasteiger partial charge is 0.503 e. The molecule has 31 heavy (non-hydrogen) atoms. The van der Waals surface area contributed by atoms with Gasteiger partial charge in [0.1, 0.15) is 11.4 Å². The zero-order valence-electron chi connectivity index (χ0n) is 17.1. The minimum atomic E-state index is -0.878. The number of aromatic hydroxyl groups is 1. The summed E-state index contributed by atoms with van der Waals surface area (Å²) in [6.07, 6.45) is 2.85. The predicted octanol–water partition coefficient (Wildman–Crippen LogP) is 3.02. The second-order valence-electron chi connectivity index (χ2n) is 7.91. The Bertz CT molecular complexity index is 1130. The number of rotatable bonds is 6. The molecule has 2 amide bonds. The molecule has 3 heterocycles. The zero-order valence-corrected chi connectivity index (χ0v) is 17.8. The second kappa shape index (κ2) is 8.34. The molecule has 0 radical (unpaired) electrons. The quantitative estimate of drug-likeness (QED) is 0.712. The summed E-state index contributed by atoms with van der Waals surface area (Å²) in [6, 6.07) is 4.35. The molecule has 1 unspecified atom stereocenters. The van der Waals surface area contributed by atoms with Crippen molar-refractivity contribution in [3.63, 3.8) is 0 Å². The van der Waals surface area contributed by atoms with E-state index in [0.717, 1.165) is 12.8 Å². The van der Waals surface area contributed by atoms with Crippen LogP contribution in [0.15, 0.2) is 23.0 Å². The molecule has 0 fully saturated rings. The smallest absolute Gasteiger partial charge is 0.274 e. The first-order chi connectivity index (χ1) is 14.8. The summed E-state index contributed by atoms with van der Waals surface area (Å²) in [4.78, 5) is 40.4. The maximum absolute atomic E-state index is 14.1. The molecule has 164 valence electrons. The number of amides is 2. The van der Waals surface area contributed by atoms with E-state index in [-0.39, 0.29) is 34.4 Å². The number of nitrogens with zero attached hydrogens (tertiary/aromatic N) is 2. The fourth-order valence-corrected chi connectivity index (χ4v) is 4.59. The van der Waals surface area contributed by atoms with Gasteiger partial charge in [-0.1, -0.05) is 37.1 Å². The molecule has 2 aromatic rings. The molecule has 0 saturated carbocycles. The van der Waals surface area contributed by atoms with Crippen LogP contribution in [0.4, 0.5) is 4.39 Å². The van der Waals surface area contributed by atoms with Crippen molar-refractivity contribution in [2.45, 2.75) is 45.2 Å². The van der Waals surface area contributed by atoms with Crippen molar-refractivity contribution < 1.29 is 19.1 Å². The van der Waals surface area contributed by atoms with E-state index in [2.05, 4.69) is 5.32 Å². The van der Waals surface area contributed by atoms with Gasteiger partial charge in [-0.2, -0.15) is 0 Å². The van der Waals surface area contributed by atoms with Crippen molar-refractivity contribution in [3.05, 3.63) is 61.8 Å². The third-order valence-electron chi connectivity index (χ3n) is 5.97. The molecule has 2 N–H and O–H groups in total. The van der Waals surface area contributed by atoms with Gasteiger partial charge in [0, 0.05) is 30.9 Å². The van der Waals surface area contributed by atoms with Crippen LogP contribution in [0.2, 0.25) is 5.02 Å². The molecule has 0 aliphatic carbocycles. The molecule has 0 bridgehead atoms. The van der Waals surface area contributed by atoms with Crippen LogP contribution >= 0.6 is 11.6 Å². The number of aromatic nitrogens is 1. The number of benzene rings is 1. The Morgan fingerprint density at radius 2 is 2.13 bits per heavy atom. The molecule has 2 aliphatic heterocycles. The number of carbonyl (C=O) groups excluding carboxylic acids is 2. The summed E-state index contributed by atoms with van der Waals surface area (Å²) in [7, 11) is 0. The van der Waals surface area contributed by atoms with E-state index >= 15 is 0 Å². The molecule has 1 atom stereocenters. The van der Waals surface area contributed by atoms with Gasteiger partial charge in [0.15, 0.2) is 11.4 Å². The third-order valence-corrected chi connectivity index (χ3v) is 6.26. The molecule has 0 spiro atoms. The highest BCUT2D eigenvalue weighted by Gasteiger charge is 2.41. The summed E-state index contributed by atoms with van der Waals surface area (Å²) in [6.45, 7) is 2.90. The molecule has 7 nitrogen and oxygen atoms in total. The molecular weight excluding hydrogens is 425 g/mol. The highest BCUT2D eigenvalue weighted by Crippen LogP contribution is 2.36. The SMILES string of the molecule is CCCCN1CC2CCc3c(C(=O)NCc4cccc(Cl)c4F)c(=O)c(O)c(n32)C1=O. The van der Waals surface area contributed by atoms with Crippen molar-refractivity contribution in [1.29, 1.82) is 0 Å². The normalized spacial score (nSPS) is 17.1. The first kappa shape index (κ1) is 21.4. The Morgan fingerprint density at radius 1 is 1.35 bits per heavy atom.